The van der Waals surface area contributed by atoms with Crippen LogP contribution in [-0.4, -0.2) is 29.9 Å². The summed E-state index contributed by atoms with van der Waals surface area (Å²) in [6.45, 7) is 4.08. The average Bonchev–Trinajstić information content (AvgIpc) is 2.80. The highest BCUT2D eigenvalue weighted by Crippen LogP contribution is 2.14. The van der Waals surface area contributed by atoms with E-state index >= 15 is 0 Å². The van der Waals surface area contributed by atoms with Gasteiger partial charge in [-0.2, -0.15) is 0 Å². The molecule has 1 aromatic rings. The van der Waals surface area contributed by atoms with Crippen LogP contribution in [0.4, 0.5) is 0 Å². The Balaban J connectivity index is 2.33. The lowest BCUT2D eigenvalue weighted by Crippen LogP contribution is -2.36. The van der Waals surface area contributed by atoms with Crippen molar-refractivity contribution in [3.8, 4) is 0 Å². The molecular weight excluding hydrogens is 244 g/mol. The lowest BCUT2D eigenvalue weighted by atomic mass is 10.1. The molecule has 0 aliphatic heterocycles. The Morgan fingerprint density at radius 2 is 2.22 bits per heavy atom. The highest BCUT2D eigenvalue weighted by Gasteiger charge is 2.16. The molecule has 0 aliphatic carbocycles. The Morgan fingerprint density at radius 3 is 2.78 bits per heavy atom. The lowest BCUT2D eigenvalue weighted by molar-refractivity contribution is -0.131. The number of rotatable bonds is 7. The number of hydrogen-bond donors (Lipinski definition) is 1. The van der Waals surface area contributed by atoms with E-state index in [4.69, 9.17) is 5.73 Å². The quantitative estimate of drug-likeness (QED) is 0.826. The third-order valence-corrected chi connectivity index (χ3v) is 4.08. The van der Waals surface area contributed by atoms with Crippen molar-refractivity contribution in [2.24, 2.45) is 5.73 Å². The van der Waals surface area contributed by atoms with Crippen molar-refractivity contribution in [2.45, 2.75) is 51.6 Å². The molecule has 0 aromatic carbocycles. The first-order chi connectivity index (χ1) is 8.50. The number of thiophene rings is 1. The van der Waals surface area contributed by atoms with Crippen LogP contribution in [0.3, 0.4) is 0 Å². The number of amides is 1. The second-order valence-electron chi connectivity index (χ2n) is 5.01. The molecule has 0 radical (unpaired) electrons. The van der Waals surface area contributed by atoms with Gasteiger partial charge in [0, 0.05) is 36.9 Å². The van der Waals surface area contributed by atoms with E-state index in [1.54, 1.807) is 11.3 Å². The normalized spacial score (nSPS) is 14.2. The Kier molecular flexibility index (Phi) is 6.36. The van der Waals surface area contributed by atoms with E-state index < -0.39 is 0 Å². The topological polar surface area (TPSA) is 46.3 Å². The van der Waals surface area contributed by atoms with Crippen molar-refractivity contribution in [2.75, 3.05) is 7.05 Å². The first kappa shape index (κ1) is 15.2. The standard InChI is InChI=1S/C14H24N2OS/c1-11(15)6-4-8-14(17)16(3)12(2)10-13-7-5-9-18-13/h5,7,9,11-12H,4,6,8,10,15H2,1-3H3. The van der Waals surface area contributed by atoms with E-state index in [0.29, 0.717) is 6.42 Å². The van der Waals surface area contributed by atoms with Crippen molar-refractivity contribution < 1.29 is 4.79 Å². The van der Waals surface area contributed by atoms with Crippen LogP contribution < -0.4 is 5.73 Å². The first-order valence-corrected chi connectivity index (χ1v) is 7.42. The molecular formula is C14H24N2OS. The van der Waals surface area contributed by atoms with Gasteiger partial charge < -0.3 is 10.6 Å². The second-order valence-corrected chi connectivity index (χ2v) is 6.04. The fourth-order valence-corrected chi connectivity index (χ4v) is 2.68. The van der Waals surface area contributed by atoms with Gasteiger partial charge in [-0.3, -0.25) is 4.79 Å². The minimum Gasteiger partial charge on any atom is -0.343 e. The van der Waals surface area contributed by atoms with Crippen LogP contribution in [0.25, 0.3) is 0 Å². The Hall–Kier alpha value is -0.870. The number of likely N-dealkylation sites (N-methyl/N-ethyl adjacent to an activating group) is 1. The molecule has 2 atom stereocenters. The summed E-state index contributed by atoms with van der Waals surface area (Å²) in [5.41, 5.74) is 5.68. The van der Waals surface area contributed by atoms with Crippen LogP contribution >= 0.6 is 11.3 Å². The molecule has 1 rings (SSSR count). The van der Waals surface area contributed by atoms with Gasteiger partial charge in [-0.1, -0.05) is 6.07 Å². The summed E-state index contributed by atoms with van der Waals surface area (Å²) >= 11 is 1.75. The summed E-state index contributed by atoms with van der Waals surface area (Å²) in [5.74, 6) is 0.222. The molecule has 0 saturated heterocycles. The summed E-state index contributed by atoms with van der Waals surface area (Å²) in [4.78, 5) is 15.2. The molecule has 3 nitrogen and oxygen atoms in total. The smallest absolute Gasteiger partial charge is 0.222 e. The van der Waals surface area contributed by atoms with Gasteiger partial charge in [0.1, 0.15) is 0 Å². The van der Waals surface area contributed by atoms with Gasteiger partial charge in [0.25, 0.3) is 0 Å². The zero-order valence-corrected chi connectivity index (χ0v) is 12.4. The molecule has 2 N–H and O–H groups in total. The van der Waals surface area contributed by atoms with Crippen LogP contribution in [-0.2, 0) is 11.2 Å². The molecule has 0 bridgehead atoms. The fourth-order valence-electron chi connectivity index (χ4n) is 1.85. The van der Waals surface area contributed by atoms with E-state index in [1.807, 2.05) is 18.9 Å². The van der Waals surface area contributed by atoms with E-state index in [1.165, 1.54) is 4.88 Å². The van der Waals surface area contributed by atoms with Crippen molar-refractivity contribution >= 4 is 17.2 Å². The van der Waals surface area contributed by atoms with Gasteiger partial charge in [-0.15, -0.1) is 11.3 Å². The van der Waals surface area contributed by atoms with Gasteiger partial charge in [0.2, 0.25) is 5.91 Å². The number of nitrogens with zero attached hydrogens (tertiary/aromatic N) is 1. The fraction of sp³-hybridized carbons (Fsp3) is 0.643. The van der Waals surface area contributed by atoms with E-state index in [9.17, 15) is 4.79 Å². The largest absolute Gasteiger partial charge is 0.343 e. The van der Waals surface area contributed by atoms with Crippen molar-refractivity contribution in [3.63, 3.8) is 0 Å². The molecule has 1 heterocycles. The summed E-state index contributed by atoms with van der Waals surface area (Å²) in [7, 11) is 1.90. The zero-order chi connectivity index (χ0) is 13.5. The minimum atomic E-state index is 0.187. The summed E-state index contributed by atoms with van der Waals surface area (Å²) < 4.78 is 0. The maximum absolute atomic E-state index is 12.0. The summed E-state index contributed by atoms with van der Waals surface area (Å²) in [6, 6.07) is 4.62. The number of carbonyl (C=O) groups excluding carboxylic acids is 1. The van der Waals surface area contributed by atoms with E-state index in [2.05, 4.69) is 24.4 Å². The van der Waals surface area contributed by atoms with Gasteiger partial charge in [0.05, 0.1) is 0 Å². The molecule has 1 amide bonds. The van der Waals surface area contributed by atoms with Crippen LogP contribution in [0, 0.1) is 0 Å². The predicted molar refractivity (Wildman–Crippen MR) is 77.8 cm³/mol. The van der Waals surface area contributed by atoms with Crippen LogP contribution in [0.2, 0.25) is 0 Å². The molecule has 18 heavy (non-hydrogen) atoms. The Morgan fingerprint density at radius 1 is 1.50 bits per heavy atom. The first-order valence-electron chi connectivity index (χ1n) is 6.54. The maximum atomic E-state index is 12.0. The van der Waals surface area contributed by atoms with Gasteiger partial charge in [-0.05, 0) is 38.1 Å². The Labute approximate surface area is 114 Å². The van der Waals surface area contributed by atoms with Crippen molar-refractivity contribution in [1.29, 1.82) is 0 Å². The number of hydrogen-bond acceptors (Lipinski definition) is 3. The molecule has 102 valence electrons. The Bertz CT molecular complexity index is 349. The third-order valence-electron chi connectivity index (χ3n) is 3.18. The van der Waals surface area contributed by atoms with E-state index in [-0.39, 0.29) is 18.0 Å². The summed E-state index contributed by atoms with van der Waals surface area (Å²) in [5, 5.41) is 2.08. The van der Waals surface area contributed by atoms with Crippen LogP contribution in [0.1, 0.15) is 38.0 Å². The second kappa shape index (κ2) is 7.54. The van der Waals surface area contributed by atoms with Crippen molar-refractivity contribution in [1.82, 2.24) is 4.90 Å². The molecule has 0 fully saturated rings. The lowest BCUT2D eigenvalue weighted by Gasteiger charge is -2.24. The minimum absolute atomic E-state index is 0.187. The molecule has 0 aliphatic rings. The SMILES string of the molecule is CC(N)CCCC(=O)N(C)C(C)Cc1cccs1. The highest BCUT2D eigenvalue weighted by atomic mass is 32.1. The zero-order valence-electron chi connectivity index (χ0n) is 11.6. The molecule has 2 unspecified atom stereocenters. The maximum Gasteiger partial charge on any atom is 0.222 e. The number of nitrogens with two attached hydrogens (primary N) is 1. The molecule has 1 aromatic heterocycles. The van der Waals surface area contributed by atoms with Crippen LogP contribution in [0.15, 0.2) is 17.5 Å². The van der Waals surface area contributed by atoms with Gasteiger partial charge >= 0.3 is 0 Å². The van der Waals surface area contributed by atoms with Crippen LogP contribution in [0.5, 0.6) is 0 Å². The third kappa shape index (κ3) is 5.19. The molecule has 0 spiro atoms. The summed E-state index contributed by atoms with van der Waals surface area (Å²) in [6.07, 6.45) is 3.34. The predicted octanol–water partition coefficient (Wildman–Crippen LogP) is 2.66. The average molecular weight is 268 g/mol. The monoisotopic (exact) mass is 268 g/mol. The van der Waals surface area contributed by atoms with Gasteiger partial charge in [0.15, 0.2) is 0 Å². The van der Waals surface area contributed by atoms with E-state index in [0.717, 1.165) is 19.3 Å². The highest BCUT2D eigenvalue weighted by molar-refractivity contribution is 7.09. The number of carbonyl (C=O) groups is 1. The van der Waals surface area contributed by atoms with Crippen molar-refractivity contribution in [3.05, 3.63) is 22.4 Å². The molecule has 0 saturated carbocycles. The van der Waals surface area contributed by atoms with Gasteiger partial charge in [-0.25, -0.2) is 0 Å². The molecule has 4 heteroatoms.